The van der Waals surface area contributed by atoms with Crippen LogP contribution in [0.25, 0.3) is 62.7 Å². The van der Waals surface area contributed by atoms with Crippen molar-refractivity contribution >= 4 is 0 Å². The van der Waals surface area contributed by atoms with E-state index in [4.69, 9.17) is 90.0 Å². The first-order chi connectivity index (χ1) is 64.2. The second kappa shape index (κ2) is 48.1. The van der Waals surface area contributed by atoms with Gasteiger partial charge in [0.05, 0.1) is 82.4 Å². The van der Waals surface area contributed by atoms with Gasteiger partial charge >= 0.3 is 28.4 Å². The molecule has 0 aromatic carbocycles. The Hall–Kier alpha value is -11.6. The minimum atomic E-state index is -2.06. The molecular formula is C78H115F2N31O26. The van der Waals surface area contributed by atoms with E-state index < -0.39 is 179 Å². The van der Waals surface area contributed by atoms with Crippen molar-refractivity contribution in [2.45, 2.75) is 314 Å². The lowest BCUT2D eigenvalue weighted by atomic mass is 9.93. The van der Waals surface area contributed by atoms with Crippen LogP contribution in [-0.4, -0.2) is 286 Å². The molecule has 0 amide bonds. The van der Waals surface area contributed by atoms with Crippen LogP contribution in [0.3, 0.4) is 0 Å². The lowest BCUT2D eigenvalue weighted by Gasteiger charge is -2.29. The molecule has 6 aliphatic rings. The summed E-state index contributed by atoms with van der Waals surface area (Å²) in [7, 11) is 0. The van der Waals surface area contributed by atoms with Crippen molar-refractivity contribution in [2.75, 3.05) is 39.6 Å². The maximum Gasteiger partial charge on any atom is 0.349 e. The van der Waals surface area contributed by atoms with Crippen molar-refractivity contribution in [1.29, 1.82) is 0 Å². The van der Waals surface area contributed by atoms with Gasteiger partial charge in [0.15, 0.2) is 49.2 Å². The molecule has 6 aromatic heterocycles. The fourth-order valence-electron chi connectivity index (χ4n) is 13.9. The molecule has 24 atom stereocenters. The summed E-state index contributed by atoms with van der Waals surface area (Å²) >= 11 is 0. The first-order valence-corrected chi connectivity index (χ1v) is 42.5. The largest absolute Gasteiger partial charge is 0.389 e. The van der Waals surface area contributed by atoms with Crippen LogP contribution in [0.15, 0.2) is 122 Å². The van der Waals surface area contributed by atoms with E-state index in [2.05, 4.69) is 95.2 Å². The SMILES string of the molecule is Cc1ccn([C@@H]2O[C@@](COC(C)C)(N=[N+]=[N-])[C@@H](F)[C@H]2O)c(=O)n1.Cc1ccn([C@@H]2O[C@@](COC(C)C)(N=[N+]=[N-])[C@@H](O)[C@@H]2C)c(=O)n1.Cc1ccn([C@@H]2O[C@@](COC(C)C)(N=[N+]=[N-])[C@@H](O)[C@@H]2F)c(=O)n1.Cc1ccn([C@@H]2O[C@@](COC(C)C)(N=[N+]=[N-])[C@@H](O)[C@@H]2O)c(=O)n1.Cc1ccn([C@@H]2O[C@@](COC(C)C)(N=[N+]=[N-])[C@@H](O)[C@@]2(C)O)c(=O)n1.Cc1ncn([C@@H]2O[C@@](COC(C)C)(N=[N+]=[N-])[C@@H](O)[C@H]2O)n1. The zero-order valence-corrected chi connectivity index (χ0v) is 78.5. The van der Waals surface area contributed by atoms with E-state index in [0.717, 1.165) is 18.3 Å². The molecule has 6 saturated heterocycles. The van der Waals surface area contributed by atoms with Gasteiger partial charge < -0.3 is 103 Å². The van der Waals surface area contributed by atoms with Gasteiger partial charge in [-0.3, -0.25) is 22.8 Å². The molecule has 0 unspecified atom stereocenters. The van der Waals surface area contributed by atoms with E-state index in [9.17, 15) is 78.7 Å². The quantitative estimate of drug-likeness (QED) is 0.0162. The van der Waals surface area contributed by atoms with Crippen molar-refractivity contribution in [3.05, 3.63) is 217 Å². The number of azide groups is 6. The first kappa shape index (κ1) is 112. The van der Waals surface area contributed by atoms with E-state index in [1.165, 1.54) is 59.4 Å². The molecular weight excluding hydrogens is 1830 g/mol. The zero-order valence-electron chi connectivity index (χ0n) is 78.5. The van der Waals surface area contributed by atoms with Crippen molar-refractivity contribution in [2.24, 2.45) is 36.6 Å². The van der Waals surface area contributed by atoms with E-state index in [0.29, 0.717) is 34.3 Å². The molecule has 0 spiro atoms. The average molecular weight is 1940 g/mol. The number of aliphatic hydroxyl groups excluding tert-OH is 8. The number of nitrogens with zero attached hydrogens (tertiary/aromatic N) is 31. The second-order valence-electron chi connectivity index (χ2n) is 34.0. The summed E-state index contributed by atoms with van der Waals surface area (Å²) in [5, 5.41) is 118. The molecule has 6 aliphatic heterocycles. The molecule has 12 rings (SSSR count). The fourth-order valence-corrected chi connectivity index (χ4v) is 13.9. The number of ether oxygens (including phenoxy) is 12. The van der Waals surface area contributed by atoms with Gasteiger partial charge in [-0.05, 0) is 195 Å². The van der Waals surface area contributed by atoms with Crippen molar-refractivity contribution < 1.29 is 112 Å². The van der Waals surface area contributed by atoms with E-state index >= 15 is 0 Å². The normalized spacial score (nSPS) is 31.1. The highest BCUT2D eigenvalue weighted by molar-refractivity contribution is 5.12. The van der Waals surface area contributed by atoms with Crippen LogP contribution < -0.4 is 28.4 Å². The number of alkyl halides is 2. The number of aryl methyl sites for hydroxylation is 6. The predicted molar refractivity (Wildman–Crippen MR) is 467 cm³/mol. The van der Waals surface area contributed by atoms with Crippen molar-refractivity contribution in [1.82, 2.24) is 62.5 Å². The molecule has 59 heteroatoms. The van der Waals surface area contributed by atoms with Gasteiger partial charge in [0, 0.05) is 94.8 Å². The Balaban J connectivity index is 0.000000224. The number of halogens is 2. The van der Waals surface area contributed by atoms with Gasteiger partial charge in [-0.25, -0.2) is 42.4 Å². The fraction of sp³-hybridized carbons (Fsp3) is 0.718. The number of aromatic nitrogens is 13. The van der Waals surface area contributed by atoms with Crippen molar-refractivity contribution in [3.63, 3.8) is 0 Å². The molecule has 0 radical (unpaired) electrons. The van der Waals surface area contributed by atoms with Gasteiger partial charge in [-0.2, -0.15) is 30.0 Å². The molecule has 6 fully saturated rings. The van der Waals surface area contributed by atoms with Gasteiger partial charge in [0.1, 0.15) is 66.7 Å². The van der Waals surface area contributed by atoms with Gasteiger partial charge in [0.2, 0.25) is 28.6 Å². The van der Waals surface area contributed by atoms with E-state index in [1.54, 1.807) is 142 Å². The summed E-state index contributed by atoms with van der Waals surface area (Å²) in [5.74, 6) is -0.00141. The second-order valence-corrected chi connectivity index (χ2v) is 34.0. The lowest BCUT2D eigenvalue weighted by Crippen LogP contribution is -2.51. The highest BCUT2D eigenvalue weighted by atomic mass is 19.1. The number of rotatable bonds is 30. The van der Waals surface area contributed by atoms with Crippen LogP contribution in [0, 0.1) is 47.5 Å². The van der Waals surface area contributed by atoms with Crippen molar-refractivity contribution in [3.8, 4) is 0 Å². The number of hydrogen-bond donors (Lipinski definition) is 9. The van der Waals surface area contributed by atoms with Crippen LogP contribution in [0.2, 0.25) is 0 Å². The topological polar surface area (TPSA) is 791 Å². The molecule has 0 bridgehead atoms. The van der Waals surface area contributed by atoms with Gasteiger partial charge in [-0.1, -0.05) is 37.6 Å². The van der Waals surface area contributed by atoms with E-state index in [1.807, 2.05) is 13.8 Å². The minimum Gasteiger partial charge on any atom is -0.389 e. The Morgan fingerprint density at radius 3 is 1.00 bits per heavy atom. The standard InChI is InChI=1S/C14H21N5O5.C14H21N5O4.2C13H18FN5O4.C13H19N5O5.C11H18N6O4/c1-8(2)23-7-14(17-18-15)10(20)13(4,22)11(24-14)19-6-5-9(3)16-12(19)21;1-8(2)22-7-14(17-18-15)11(20)10(4)12(23-14)19-6-5-9(3)16-13(19)21;1-7(2)22-6-13(17-18-15)10(14)9(20)11(23-13)19-5-4-8(3)16-12(19)21;1-7(2)22-6-13(17-18-15)10(20)9(14)11(23-13)19-5-4-8(3)16-12(19)21;1-7(2)22-6-13(16-17-14)10(20)9(19)11(23-13)18-5-4-8(3)15-12(18)21;1-6(2)20-4-11(15-16-12)9(19)8(18)10(21-11)17-5-13-7(3)14-17/h5-6,8,10-11,20,22H,7H2,1-4H3;5-6,8,10-12,20H,7H2,1-4H3;2*4-5,7,9-11,20H,6H2,1-3H3;4-5,7,9-11,19-20H,6H2,1-3H3;5-6,8-10,18-19H,4H2,1-3H3/t10-,11+,13+,14+;10-,11-,12+,14+;9-,10+,11-,13-;2*9-,10-,11+,13+;8-,9+,10-,11-/m001001/s1. The van der Waals surface area contributed by atoms with Crippen LogP contribution in [0.5, 0.6) is 0 Å². The molecule has 12 heterocycles. The van der Waals surface area contributed by atoms with Crippen LogP contribution in [0.4, 0.5) is 8.78 Å². The van der Waals surface area contributed by atoms with Gasteiger partial charge in [0.25, 0.3) is 0 Å². The lowest BCUT2D eigenvalue weighted by molar-refractivity contribution is -0.146. The molecule has 57 nitrogen and oxygen atoms in total. The summed E-state index contributed by atoms with van der Waals surface area (Å²) in [6.45, 7) is 32.5. The molecule has 9 N–H and O–H groups in total. The number of aliphatic hydroxyl groups is 9. The third kappa shape index (κ3) is 26.7. The summed E-state index contributed by atoms with van der Waals surface area (Å²) in [5.41, 5.74) is 39.0. The Morgan fingerprint density at radius 1 is 0.387 bits per heavy atom. The average Bonchev–Trinajstić information content (AvgIpc) is 1.57. The minimum absolute atomic E-state index is 0.106. The summed E-state index contributed by atoms with van der Waals surface area (Å²) in [6.07, 6.45) is -16.2. The molecule has 6 aromatic rings. The maximum atomic E-state index is 14.6. The van der Waals surface area contributed by atoms with Gasteiger partial charge in [-0.15, -0.1) is 0 Å². The molecule has 0 saturated carbocycles. The third-order valence-electron chi connectivity index (χ3n) is 21.1. The van der Waals surface area contributed by atoms with E-state index in [-0.39, 0.29) is 69.7 Å². The van der Waals surface area contributed by atoms with Crippen LogP contribution in [0.1, 0.15) is 169 Å². The Labute approximate surface area is 778 Å². The van der Waals surface area contributed by atoms with Crippen LogP contribution >= 0.6 is 0 Å². The maximum absolute atomic E-state index is 14.6. The smallest absolute Gasteiger partial charge is 0.349 e. The molecule has 0 aliphatic carbocycles. The molecule has 752 valence electrons. The first-order valence-electron chi connectivity index (χ1n) is 42.5. The summed E-state index contributed by atoms with van der Waals surface area (Å²) in [4.78, 5) is 98.7. The Bertz CT molecular complexity index is 5240. The zero-order chi connectivity index (χ0) is 103. The highest BCUT2D eigenvalue weighted by Gasteiger charge is 2.64. The monoisotopic (exact) mass is 1940 g/mol. The van der Waals surface area contributed by atoms with Crippen LogP contribution in [-0.2, 0) is 56.8 Å². The summed E-state index contributed by atoms with van der Waals surface area (Å²) < 4.78 is 101. The predicted octanol–water partition coefficient (Wildman–Crippen LogP) is 5.06. The number of hydrogen-bond acceptors (Lipinski definition) is 39. The highest BCUT2D eigenvalue weighted by Crippen LogP contribution is 2.48. The Morgan fingerprint density at radius 2 is 0.657 bits per heavy atom. The summed E-state index contributed by atoms with van der Waals surface area (Å²) in [6, 6.07) is 7.81. The third-order valence-corrected chi connectivity index (χ3v) is 21.1. The molecule has 137 heavy (non-hydrogen) atoms. The Kier molecular flexibility index (Phi) is 39.5.